The van der Waals surface area contributed by atoms with Crippen molar-refractivity contribution in [3.63, 3.8) is 0 Å². The molecule has 0 spiro atoms. The first kappa shape index (κ1) is 15.7. The van der Waals surface area contributed by atoms with Crippen molar-refractivity contribution in [3.05, 3.63) is 0 Å². The fourth-order valence-corrected chi connectivity index (χ4v) is 0. The fourth-order valence-electron chi connectivity index (χ4n) is 0. The molecule has 0 rings (SSSR count). The van der Waals surface area contributed by atoms with Crippen LogP contribution in [0.3, 0.4) is 0 Å². The molecule has 7 heavy (non-hydrogen) atoms. The zero-order valence-electron chi connectivity index (χ0n) is 5.53. The third kappa shape index (κ3) is 130. The molecular weight excluding hydrogens is 198 g/mol. The molecule has 0 aliphatic carbocycles. The summed E-state index contributed by atoms with van der Waals surface area (Å²) in [4.78, 5) is 0. The number of rotatable bonds is 0. The van der Waals surface area contributed by atoms with Gasteiger partial charge in [-0.25, -0.2) is 0 Å². The molecule has 0 aromatic heterocycles. The van der Waals surface area contributed by atoms with Crippen molar-refractivity contribution < 1.29 is 18.9 Å². The summed E-state index contributed by atoms with van der Waals surface area (Å²) in [6, 6.07) is 0. The summed E-state index contributed by atoms with van der Waals surface area (Å²) in [5.41, 5.74) is 0. The summed E-state index contributed by atoms with van der Waals surface area (Å²) < 4.78 is 31.9. The van der Waals surface area contributed by atoms with Crippen LogP contribution in [0.5, 0.6) is 0 Å². The summed E-state index contributed by atoms with van der Waals surface area (Å²) in [7, 11) is 0. The predicted octanol–water partition coefficient (Wildman–Crippen LogP) is -1.83. The third-order valence-electron chi connectivity index (χ3n) is 0. The maximum Gasteiger partial charge on any atom is 2.00 e. The van der Waals surface area contributed by atoms with Crippen LogP contribution in [0.15, 0.2) is 0 Å². The van der Waals surface area contributed by atoms with Gasteiger partial charge in [0, 0.05) is 0 Å². The first-order valence-electron chi connectivity index (χ1n) is 0.698. The Morgan fingerprint density at radius 1 is 1.29 bits per heavy atom. The molecule has 0 heterocycles. The van der Waals surface area contributed by atoms with Crippen molar-refractivity contribution in [3.8, 4) is 0 Å². The van der Waals surface area contributed by atoms with Crippen LogP contribution >= 0.6 is 9.90 Å². The van der Waals surface area contributed by atoms with E-state index in [0.717, 1.165) is 0 Å². The third-order valence-corrected chi connectivity index (χ3v) is 0. The standard InChI is InChI=1S/Mg.H2O4Se.H3P.2H/c;1-5(2,3)4;;;/h;(H2,1,2,3,4);1H3;;/q+2;;;2*-1. The second-order valence-corrected chi connectivity index (χ2v) is 2.33. The molecule has 7 heteroatoms. The van der Waals surface area contributed by atoms with Gasteiger partial charge in [-0.3, -0.25) is 0 Å². The van der Waals surface area contributed by atoms with E-state index in [1.54, 1.807) is 0 Å². The fraction of sp³-hybridized carbons (Fsp3) is 0. The van der Waals surface area contributed by atoms with Gasteiger partial charge in [0.15, 0.2) is 0 Å². The Morgan fingerprint density at radius 3 is 1.29 bits per heavy atom. The average molecular weight is 205 g/mol. The molecule has 1 unspecified atom stereocenters. The van der Waals surface area contributed by atoms with Gasteiger partial charge in [-0.05, 0) is 0 Å². The minimum Gasteiger partial charge on any atom is -1.00 e. The van der Waals surface area contributed by atoms with Crippen LogP contribution in [-0.2, 0) is 7.67 Å². The Kier molecular flexibility index (Phi) is 12.1. The monoisotopic (exact) mass is 206 g/mol. The molecule has 0 aliphatic heterocycles. The van der Waals surface area contributed by atoms with Gasteiger partial charge in [-0.15, -0.1) is 0 Å². The van der Waals surface area contributed by atoms with E-state index in [2.05, 4.69) is 0 Å². The van der Waals surface area contributed by atoms with Crippen molar-refractivity contribution in [2.24, 2.45) is 0 Å². The molecule has 0 amide bonds. The van der Waals surface area contributed by atoms with Crippen molar-refractivity contribution in [1.82, 2.24) is 0 Å². The van der Waals surface area contributed by atoms with Gasteiger partial charge < -0.3 is 2.85 Å². The van der Waals surface area contributed by atoms with Gasteiger partial charge >= 0.3 is 52.5 Å². The molecule has 0 saturated heterocycles. The maximum absolute atomic E-state index is 8.82. The van der Waals surface area contributed by atoms with Gasteiger partial charge in [-0.2, -0.15) is 9.90 Å². The quantitative estimate of drug-likeness (QED) is 0.360. The van der Waals surface area contributed by atoms with E-state index in [4.69, 9.17) is 16.0 Å². The topological polar surface area (TPSA) is 74.6 Å². The molecule has 0 bridgehead atoms. The summed E-state index contributed by atoms with van der Waals surface area (Å²) in [5.74, 6) is 0. The van der Waals surface area contributed by atoms with E-state index in [1.165, 1.54) is 0 Å². The van der Waals surface area contributed by atoms with Crippen molar-refractivity contribution >= 4 is 46.3 Å². The molecule has 0 saturated carbocycles. The van der Waals surface area contributed by atoms with Gasteiger partial charge in [0.25, 0.3) is 0 Å². The Morgan fingerprint density at radius 2 is 1.29 bits per heavy atom. The maximum atomic E-state index is 8.82. The molecule has 0 aliphatic rings. The zero-order chi connectivity index (χ0) is 4.50. The van der Waals surface area contributed by atoms with Crippen LogP contribution in [0, 0.1) is 0 Å². The average Bonchev–Trinajstić information content (AvgIpc) is 0.722. The van der Waals surface area contributed by atoms with E-state index < -0.39 is 13.4 Å². The molecule has 1 atom stereocenters. The van der Waals surface area contributed by atoms with Crippen LogP contribution in [0.25, 0.3) is 0 Å². The van der Waals surface area contributed by atoms with Gasteiger partial charge in [-0.1, -0.05) is 0 Å². The summed E-state index contributed by atoms with van der Waals surface area (Å²) >= 11 is -5.25. The van der Waals surface area contributed by atoms with E-state index in [0.29, 0.717) is 0 Å². The molecule has 44 valence electrons. The first-order valence-corrected chi connectivity index (χ1v) is 3.63. The Balaban J connectivity index is -0.0000000133. The number of hydrogen-bond donors (Lipinski definition) is 2. The van der Waals surface area contributed by atoms with Crippen LogP contribution < -0.4 is 0 Å². The van der Waals surface area contributed by atoms with E-state index in [1.807, 2.05) is 0 Å². The zero-order valence-corrected chi connectivity index (χ0v) is 8.07. The molecule has 2 N–H and O–H groups in total. The summed E-state index contributed by atoms with van der Waals surface area (Å²) in [6.45, 7) is 0. The van der Waals surface area contributed by atoms with Crippen LogP contribution in [0.1, 0.15) is 2.85 Å². The Bertz CT molecular complexity index is 102. The smallest absolute Gasteiger partial charge is 1.00 e. The van der Waals surface area contributed by atoms with Gasteiger partial charge in [0.2, 0.25) is 0 Å². The molecular formula is H7MgO4PSe. The van der Waals surface area contributed by atoms with E-state index in [9.17, 15) is 0 Å². The first-order chi connectivity index (χ1) is 2.00. The van der Waals surface area contributed by atoms with Crippen LogP contribution in [0.4, 0.5) is 0 Å². The summed E-state index contributed by atoms with van der Waals surface area (Å²) in [6.07, 6.45) is 0. The van der Waals surface area contributed by atoms with E-state index >= 15 is 0 Å². The molecule has 0 radical (unpaired) electrons. The largest absolute Gasteiger partial charge is 2.00 e. The van der Waals surface area contributed by atoms with Crippen LogP contribution in [0.2, 0.25) is 0 Å². The molecule has 0 fully saturated rings. The van der Waals surface area contributed by atoms with Crippen molar-refractivity contribution in [2.45, 2.75) is 0 Å². The normalized spacial score (nSPS) is 8.29. The van der Waals surface area contributed by atoms with Gasteiger partial charge in [0.1, 0.15) is 0 Å². The minimum atomic E-state index is -5.25. The Hall–Kier alpha value is 1.24. The SMILES string of the molecule is O=[Se](=O)(O)O.P.[H-].[H-].[Mg+2]. The van der Waals surface area contributed by atoms with Crippen LogP contribution in [-0.4, -0.2) is 44.8 Å². The number of hydrogen-bond acceptors (Lipinski definition) is 2. The second-order valence-electron chi connectivity index (χ2n) is 0.448. The van der Waals surface area contributed by atoms with Crippen molar-refractivity contribution in [2.75, 3.05) is 0 Å². The predicted molar refractivity (Wildman–Crippen MR) is 30.6 cm³/mol. The Labute approximate surface area is 65.3 Å². The second kappa shape index (κ2) is 5.37. The summed E-state index contributed by atoms with van der Waals surface area (Å²) in [5, 5.41) is 0. The van der Waals surface area contributed by atoms with E-state index in [-0.39, 0.29) is 35.8 Å². The minimum absolute atomic E-state index is 0. The molecule has 0 aromatic carbocycles. The molecule has 0 aromatic rings. The van der Waals surface area contributed by atoms with Crippen molar-refractivity contribution in [1.29, 1.82) is 0 Å². The van der Waals surface area contributed by atoms with Gasteiger partial charge in [0.05, 0.1) is 0 Å². The molecule has 4 nitrogen and oxygen atoms in total.